The normalized spacial score (nSPS) is 11.0. The number of benzene rings is 3. The summed E-state index contributed by atoms with van der Waals surface area (Å²) >= 11 is 0. The number of hydrogen-bond acceptors (Lipinski definition) is 1. The first-order chi connectivity index (χ1) is 13.5. The van der Waals surface area contributed by atoms with E-state index in [2.05, 4.69) is 105 Å². The summed E-state index contributed by atoms with van der Waals surface area (Å²) < 4.78 is 0. The van der Waals surface area contributed by atoms with Crippen molar-refractivity contribution in [3.63, 3.8) is 0 Å². The Morgan fingerprint density at radius 3 is 1.97 bits per heavy atom. The van der Waals surface area contributed by atoms with Crippen LogP contribution < -0.4 is 0 Å². The fraction of sp³-hybridized carbons (Fsp3) is 0.148. The minimum atomic E-state index is 0. The molecule has 3 aromatic carbocycles. The van der Waals surface area contributed by atoms with Crippen molar-refractivity contribution in [3.05, 3.63) is 103 Å². The molecule has 1 nitrogen and oxygen atoms in total. The summed E-state index contributed by atoms with van der Waals surface area (Å²) in [5.41, 5.74) is 8.21. The minimum absolute atomic E-state index is 0. The number of nitrogens with zero attached hydrogens (tertiary/aromatic N) is 1. The van der Waals surface area contributed by atoms with Gasteiger partial charge in [0.2, 0.25) is 0 Å². The van der Waals surface area contributed by atoms with E-state index in [0.717, 1.165) is 11.3 Å². The van der Waals surface area contributed by atoms with Crippen LogP contribution in [0.15, 0.2) is 91.1 Å². The molecule has 0 bridgehead atoms. The summed E-state index contributed by atoms with van der Waals surface area (Å²) in [4.78, 5) is 4.58. The van der Waals surface area contributed by atoms with Crippen LogP contribution in [0.2, 0.25) is 0 Å². The molecule has 0 amide bonds. The molecule has 29 heavy (non-hydrogen) atoms. The van der Waals surface area contributed by atoms with Crippen LogP contribution in [0, 0.1) is 6.07 Å². The van der Waals surface area contributed by atoms with Crippen LogP contribution in [0.5, 0.6) is 0 Å². The molecule has 0 aliphatic carbocycles. The van der Waals surface area contributed by atoms with Crippen molar-refractivity contribution in [3.8, 4) is 33.5 Å². The van der Waals surface area contributed by atoms with Gasteiger partial charge in [0.25, 0.3) is 0 Å². The minimum Gasteiger partial charge on any atom is -0.305 e. The third-order valence-corrected chi connectivity index (χ3v) is 5.03. The van der Waals surface area contributed by atoms with E-state index in [1.807, 2.05) is 18.3 Å². The van der Waals surface area contributed by atoms with Gasteiger partial charge in [0.05, 0.1) is 0 Å². The van der Waals surface area contributed by atoms with Crippen LogP contribution in [-0.2, 0) is 25.5 Å². The summed E-state index contributed by atoms with van der Waals surface area (Å²) in [5, 5.41) is 0. The van der Waals surface area contributed by atoms with Crippen LogP contribution in [0.3, 0.4) is 0 Å². The molecule has 0 aliphatic heterocycles. The summed E-state index contributed by atoms with van der Waals surface area (Å²) in [5.74, 6) is 0. The molecule has 0 atom stereocenters. The number of rotatable bonds is 3. The monoisotopic (exact) mass is 555 g/mol. The van der Waals surface area contributed by atoms with Crippen molar-refractivity contribution >= 4 is 0 Å². The van der Waals surface area contributed by atoms with Gasteiger partial charge in [-0.05, 0) is 39.4 Å². The van der Waals surface area contributed by atoms with Crippen LogP contribution in [0.1, 0.15) is 26.3 Å². The molecular formula is C27H24IrN-. The van der Waals surface area contributed by atoms with Gasteiger partial charge in [-0.1, -0.05) is 81.4 Å². The predicted molar refractivity (Wildman–Crippen MR) is 118 cm³/mol. The quantitative estimate of drug-likeness (QED) is 0.245. The van der Waals surface area contributed by atoms with Gasteiger partial charge in [0.1, 0.15) is 0 Å². The zero-order valence-electron chi connectivity index (χ0n) is 16.9. The smallest absolute Gasteiger partial charge is 0.0163 e. The van der Waals surface area contributed by atoms with E-state index >= 15 is 0 Å². The van der Waals surface area contributed by atoms with Gasteiger partial charge in [-0.25, -0.2) is 0 Å². The maximum Gasteiger partial charge on any atom is 0.0163 e. The van der Waals surface area contributed by atoms with E-state index < -0.39 is 0 Å². The van der Waals surface area contributed by atoms with Crippen LogP contribution in [0.25, 0.3) is 33.5 Å². The first-order valence-corrected chi connectivity index (χ1v) is 9.65. The molecular weight excluding hydrogens is 531 g/mol. The molecule has 4 aromatic rings. The topological polar surface area (TPSA) is 12.9 Å². The second kappa shape index (κ2) is 8.86. The van der Waals surface area contributed by atoms with Crippen molar-refractivity contribution in [2.24, 2.45) is 0 Å². The summed E-state index contributed by atoms with van der Waals surface area (Å²) in [6, 6.07) is 33.1. The largest absolute Gasteiger partial charge is 0.305 e. The Bertz CT molecular complexity index is 1080. The van der Waals surface area contributed by atoms with Crippen molar-refractivity contribution in [1.82, 2.24) is 4.98 Å². The summed E-state index contributed by atoms with van der Waals surface area (Å²) in [6.45, 7) is 6.67. The maximum atomic E-state index is 4.58. The molecule has 1 aromatic heterocycles. The molecule has 0 unspecified atom stereocenters. The zero-order chi connectivity index (χ0) is 19.6. The summed E-state index contributed by atoms with van der Waals surface area (Å²) in [7, 11) is 0. The van der Waals surface area contributed by atoms with Gasteiger partial charge in [-0.2, -0.15) is 0 Å². The van der Waals surface area contributed by atoms with Gasteiger partial charge in [-0.3, -0.25) is 0 Å². The van der Waals surface area contributed by atoms with Crippen molar-refractivity contribution in [1.29, 1.82) is 0 Å². The Labute approximate surface area is 187 Å². The van der Waals surface area contributed by atoms with Gasteiger partial charge in [0.15, 0.2) is 0 Å². The van der Waals surface area contributed by atoms with E-state index in [1.54, 1.807) is 0 Å². The average molecular weight is 555 g/mol. The summed E-state index contributed by atoms with van der Waals surface area (Å²) in [6.07, 6.45) is 1.89. The van der Waals surface area contributed by atoms with Gasteiger partial charge >= 0.3 is 0 Å². The second-order valence-corrected chi connectivity index (χ2v) is 8.11. The zero-order valence-corrected chi connectivity index (χ0v) is 19.3. The molecule has 0 N–H and O–H groups in total. The molecule has 147 valence electrons. The average Bonchev–Trinajstić information content (AvgIpc) is 2.74. The Morgan fingerprint density at radius 2 is 1.31 bits per heavy atom. The first-order valence-electron chi connectivity index (χ1n) is 9.65. The standard InChI is InChI=1S/C27H24N.Ir/c1-27(2,3)25-16-17-28-26(19-25)24-11-7-10-23(18-24)22-14-12-21(13-15-22)20-8-5-4-6-9-20;/h4-10,12-19H,1-3H3;/q-1;. The number of hydrogen-bond donors (Lipinski definition) is 0. The predicted octanol–water partition coefficient (Wildman–Crippen LogP) is 7.18. The molecule has 1 radical (unpaired) electrons. The third kappa shape index (κ3) is 4.90. The fourth-order valence-corrected chi connectivity index (χ4v) is 3.32. The fourth-order valence-electron chi connectivity index (χ4n) is 3.32. The Hall–Kier alpha value is -2.54. The molecule has 0 fully saturated rings. The van der Waals surface area contributed by atoms with Crippen molar-refractivity contribution in [2.45, 2.75) is 26.2 Å². The van der Waals surface area contributed by atoms with E-state index in [-0.39, 0.29) is 25.5 Å². The first kappa shape index (κ1) is 21.2. The molecule has 2 heteroatoms. The SMILES string of the molecule is CC(C)(C)c1ccnc(-c2[c-]ccc(-c3ccc(-c4ccccc4)cc3)c2)c1.[Ir]. The Morgan fingerprint density at radius 1 is 0.690 bits per heavy atom. The van der Waals surface area contributed by atoms with Gasteiger partial charge in [0, 0.05) is 26.3 Å². The van der Waals surface area contributed by atoms with E-state index in [1.165, 1.54) is 27.8 Å². The number of pyridine rings is 1. The number of aromatic nitrogens is 1. The van der Waals surface area contributed by atoms with E-state index in [4.69, 9.17) is 0 Å². The second-order valence-electron chi connectivity index (χ2n) is 8.11. The molecule has 0 aliphatic rings. The third-order valence-electron chi connectivity index (χ3n) is 5.03. The van der Waals surface area contributed by atoms with Crippen molar-refractivity contribution in [2.75, 3.05) is 0 Å². The molecule has 1 heterocycles. The Balaban J connectivity index is 0.00000240. The van der Waals surface area contributed by atoms with E-state index in [9.17, 15) is 0 Å². The molecule has 4 rings (SSSR count). The molecule has 0 saturated heterocycles. The van der Waals surface area contributed by atoms with Crippen molar-refractivity contribution < 1.29 is 20.1 Å². The van der Waals surface area contributed by atoms with E-state index in [0.29, 0.717) is 0 Å². The van der Waals surface area contributed by atoms with Crippen LogP contribution in [-0.4, -0.2) is 4.98 Å². The molecule has 0 spiro atoms. The van der Waals surface area contributed by atoms with Crippen LogP contribution >= 0.6 is 0 Å². The maximum absolute atomic E-state index is 4.58. The molecule has 0 saturated carbocycles. The van der Waals surface area contributed by atoms with Gasteiger partial charge < -0.3 is 4.98 Å². The Kier molecular flexibility index (Phi) is 6.47. The van der Waals surface area contributed by atoms with Crippen LogP contribution in [0.4, 0.5) is 0 Å². The van der Waals surface area contributed by atoms with Gasteiger partial charge in [-0.15, -0.1) is 35.4 Å².